The van der Waals surface area contributed by atoms with E-state index < -0.39 is 5.97 Å². The first kappa shape index (κ1) is 13.8. The number of hydrogen-bond acceptors (Lipinski definition) is 4. The Hall–Kier alpha value is -1.65. The van der Waals surface area contributed by atoms with E-state index in [2.05, 4.69) is 9.97 Å². The first-order valence-electron chi connectivity index (χ1n) is 6.80. The summed E-state index contributed by atoms with van der Waals surface area (Å²) >= 11 is 0. The largest absolute Gasteiger partial charge is 0.476 e. The van der Waals surface area contributed by atoms with E-state index in [4.69, 9.17) is 0 Å². The average molecular weight is 263 g/mol. The lowest BCUT2D eigenvalue weighted by molar-refractivity contribution is 0.0690. The molecule has 104 valence electrons. The van der Waals surface area contributed by atoms with Crippen LogP contribution in [0.5, 0.6) is 0 Å². The fraction of sp³-hybridized carbons (Fsp3) is 0.643. The van der Waals surface area contributed by atoms with E-state index in [-0.39, 0.29) is 11.6 Å². The highest BCUT2D eigenvalue weighted by Gasteiger charge is 2.23. The monoisotopic (exact) mass is 263 g/mol. The first-order valence-corrected chi connectivity index (χ1v) is 6.80. The van der Waals surface area contributed by atoms with Crippen molar-refractivity contribution in [1.82, 2.24) is 9.97 Å². The standard InChI is InChI=1S/C14H21N3O2/c1-9(2)13-15-7-11(12(16-13)14(18)19)17(3)8-10-5-4-6-10/h7,9-10H,4-6,8H2,1-3H3,(H,18,19). The predicted molar refractivity (Wildman–Crippen MR) is 73.7 cm³/mol. The van der Waals surface area contributed by atoms with Gasteiger partial charge in [-0.25, -0.2) is 14.8 Å². The molecule has 1 aromatic rings. The van der Waals surface area contributed by atoms with Gasteiger partial charge in [-0.3, -0.25) is 0 Å². The maximum Gasteiger partial charge on any atom is 0.356 e. The minimum absolute atomic E-state index is 0.112. The smallest absolute Gasteiger partial charge is 0.356 e. The lowest BCUT2D eigenvalue weighted by Crippen LogP contribution is -2.31. The summed E-state index contributed by atoms with van der Waals surface area (Å²) in [5.74, 6) is 0.401. The van der Waals surface area contributed by atoms with Crippen LogP contribution in [0.15, 0.2) is 6.20 Å². The molecule has 0 radical (unpaired) electrons. The number of rotatable bonds is 5. The molecule has 0 spiro atoms. The molecule has 1 fully saturated rings. The van der Waals surface area contributed by atoms with Crippen molar-refractivity contribution >= 4 is 11.7 Å². The highest BCUT2D eigenvalue weighted by atomic mass is 16.4. The molecule has 1 aromatic heterocycles. The zero-order valence-corrected chi connectivity index (χ0v) is 11.8. The second-order valence-corrected chi connectivity index (χ2v) is 5.60. The highest BCUT2D eigenvalue weighted by Crippen LogP contribution is 2.29. The quantitative estimate of drug-likeness (QED) is 0.884. The molecule has 1 aliphatic rings. The zero-order valence-electron chi connectivity index (χ0n) is 11.8. The predicted octanol–water partition coefficient (Wildman–Crippen LogP) is 2.53. The van der Waals surface area contributed by atoms with Gasteiger partial charge in [0.1, 0.15) is 5.82 Å². The van der Waals surface area contributed by atoms with Gasteiger partial charge in [-0.05, 0) is 18.8 Å². The van der Waals surface area contributed by atoms with E-state index in [1.807, 2.05) is 25.8 Å². The molecule has 1 aliphatic carbocycles. The van der Waals surface area contributed by atoms with Crippen molar-refractivity contribution in [2.24, 2.45) is 5.92 Å². The summed E-state index contributed by atoms with van der Waals surface area (Å²) in [5, 5.41) is 9.31. The lowest BCUT2D eigenvalue weighted by Gasteiger charge is -2.31. The van der Waals surface area contributed by atoms with Crippen LogP contribution in [0, 0.1) is 5.92 Å². The first-order chi connectivity index (χ1) is 8.99. The highest BCUT2D eigenvalue weighted by molar-refractivity contribution is 5.91. The third-order valence-corrected chi connectivity index (χ3v) is 3.68. The van der Waals surface area contributed by atoms with Gasteiger partial charge in [0.2, 0.25) is 0 Å². The summed E-state index contributed by atoms with van der Waals surface area (Å²) < 4.78 is 0. The van der Waals surface area contributed by atoms with Crippen LogP contribution >= 0.6 is 0 Å². The number of carboxylic acid groups (broad SMARTS) is 1. The Balaban J connectivity index is 2.24. The average Bonchev–Trinajstić information content (AvgIpc) is 2.32. The number of nitrogens with zero attached hydrogens (tertiary/aromatic N) is 3. The van der Waals surface area contributed by atoms with Crippen LogP contribution in [0.1, 0.15) is 55.3 Å². The molecule has 1 saturated carbocycles. The molecule has 5 heteroatoms. The Morgan fingerprint density at radius 2 is 2.21 bits per heavy atom. The summed E-state index contributed by atoms with van der Waals surface area (Å²) in [4.78, 5) is 21.8. The maximum absolute atomic E-state index is 11.4. The summed E-state index contributed by atoms with van der Waals surface area (Å²) in [5.41, 5.74) is 0.726. The molecule has 0 atom stereocenters. The zero-order chi connectivity index (χ0) is 14.0. The molecule has 2 rings (SSSR count). The molecule has 0 unspecified atom stereocenters. The van der Waals surface area contributed by atoms with Gasteiger partial charge < -0.3 is 10.0 Å². The molecular weight excluding hydrogens is 242 g/mol. The van der Waals surface area contributed by atoms with Gasteiger partial charge in [-0.15, -0.1) is 0 Å². The molecular formula is C14H21N3O2. The van der Waals surface area contributed by atoms with Gasteiger partial charge in [0.15, 0.2) is 5.69 Å². The lowest BCUT2D eigenvalue weighted by atomic mass is 9.85. The van der Waals surface area contributed by atoms with Gasteiger partial charge in [-0.2, -0.15) is 0 Å². The number of anilines is 1. The normalized spacial score (nSPS) is 15.4. The molecule has 0 amide bonds. The Kier molecular flexibility index (Phi) is 4.02. The van der Waals surface area contributed by atoms with Crippen LogP contribution in [0.25, 0.3) is 0 Å². The van der Waals surface area contributed by atoms with Crippen molar-refractivity contribution in [1.29, 1.82) is 0 Å². The van der Waals surface area contributed by atoms with Crippen molar-refractivity contribution in [3.05, 3.63) is 17.7 Å². The summed E-state index contributed by atoms with van der Waals surface area (Å²) in [6.07, 6.45) is 5.40. The summed E-state index contributed by atoms with van der Waals surface area (Å²) in [7, 11) is 1.92. The number of hydrogen-bond donors (Lipinski definition) is 1. The van der Waals surface area contributed by atoms with Crippen molar-refractivity contribution < 1.29 is 9.90 Å². The fourth-order valence-electron chi connectivity index (χ4n) is 2.27. The van der Waals surface area contributed by atoms with Crippen LogP contribution in [0.3, 0.4) is 0 Å². The molecule has 0 saturated heterocycles. The second kappa shape index (κ2) is 5.55. The van der Waals surface area contributed by atoms with E-state index in [1.165, 1.54) is 19.3 Å². The third-order valence-electron chi connectivity index (χ3n) is 3.68. The third kappa shape index (κ3) is 3.03. The van der Waals surface area contributed by atoms with Gasteiger partial charge in [0.05, 0.1) is 11.9 Å². The number of aromatic nitrogens is 2. The van der Waals surface area contributed by atoms with E-state index in [0.29, 0.717) is 17.4 Å². The van der Waals surface area contributed by atoms with Crippen LogP contribution in [0.4, 0.5) is 5.69 Å². The second-order valence-electron chi connectivity index (χ2n) is 5.60. The molecule has 5 nitrogen and oxygen atoms in total. The van der Waals surface area contributed by atoms with E-state index in [9.17, 15) is 9.90 Å². The van der Waals surface area contributed by atoms with Gasteiger partial charge >= 0.3 is 5.97 Å². The molecule has 19 heavy (non-hydrogen) atoms. The summed E-state index contributed by atoms with van der Waals surface area (Å²) in [6, 6.07) is 0. The van der Waals surface area contributed by atoms with Crippen LogP contribution in [-0.2, 0) is 0 Å². The van der Waals surface area contributed by atoms with Gasteiger partial charge in [-0.1, -0.05) is 20.3 Å². The molecule has 0 bridgehead atoms. The van der Waals surface area contributed by atoms with Crippen molar-refractivity contribution in [3.63, 3.8) is 0 Å². The minimum atomic E-state index is -0.986. The van der Waals surface area contributed by atoms with E-state index in [1.54, 1.807) is 6.20 Å². The number of aromatic carboxylic acids is 1. The topological polar surface area (TPSA) is 66.3 Å². The van der Waals surface area contributed by atoms with Crippen molar-refractivity contribution in [2.45, 2.75) is 39.0 Å². The van der Waals surface area contributed by atoms with E-state index >= 15 is 0 Å². The molecule has 1 N–H and O–H groups in total. The maximum atomic E-state index is 11.4. The van der Waals surface area contributed by atoms with Crippen LogP contribution in [0.2, 0.25) is 0 Å². The van der Waals surface area contributed by atoms with Crippen molar-refractivity contribution in [3.8, 4) is 0 Å². The molecule has 0 aliphatic heterocycles. The molecule has 1 heterocycles. The van der Waals surface area contributed by atoms with Crippen LogP contribution < -0.4 is 4.90 Å². The number of carbonyl (C=O) groups is 1. The van der Waals surface area contributed by atoms with Crippen molar-refractivity contribution in [2.75, 3.05) is 18.5 Å². The van der Waals surface area contributed by atoms with E-state index in [0.717, 1.165) is 6.54 Å². The SMILES string of the molecule is CC(C)c1ncc(N(C)CC2CCC2)c(C(=O)O)n1. The Bertz CT molecular complexity index is 470. The minimum Gasteiger partial charge on any atom is -0.476 e. The molecule has 0 aromatic carbocycles. The Labute approximate surface area is 113 Å². The Morgan fingerprint density at radius 1 is 1.53 bits per heavy atom. The van der Waals surface area contributed by atoms with Gasteiger partial charge in [0.25, 0.3) is 0 Å². The van der Waals surface area contributed by atoms with Gasteiger partial charge in [0, 0.05) is 19.5 Å². The van der Waals surface area contributed by atoms with Crippen LogP contribution in [-0.4, -0.2) is 34.6 Å². The Morgan fingerprint density at radius 3 is 2.68 bits per heavy atom. The summed E-state index contributed by atoms with van der Waals surface area (Å²) in [6.45, 7) is 4.79. The fourth-order valence-corrected chi connectivity index (χ4v) is 2.27. The number of carboxylic acids is 1.